The minimum absolute atomic E-state index is 0.313. The summed E-state index contributed by atoms with van der Waals surface area (Å²) in [5.41, 5.74) is 3.63. The largest absolute Gasteiger partial charge is 0.306 e. The van der Waals surface area contributed by atoms with Crippen molar-refractivity contribution in [2.24, 2.45) is 0 Å². The topological polar surface area (TPSA) is 34.0 Å². The Morgan fingerprint density at radius 2 is 1.96 bits per heavy atom. The minimum Gasteiger partial charge on any atom is -0.306 e. The zero-order chi connectivity index (χ0) is 16.4. The lowest BCUT2D eigenvalue weighted by molar-refractivity contribution is 0.248. The molecule has 1 aromatic carbocycles. The van der Waals surface area contributed by atoms with Crippen molar-refractivity contribution >= 4 is 11.3 Å². The van der Waals surface area contributed by atoms with Crippen LogP contribution < -0.4 is 0 Å². The average molecular weight is 326 g/mol. The fraction of sp³-hybridized carbons (Fsp3) is 0.333. The molecule has 0 fully saturated rings. The third kappa shape index (κ3) is 3.51. The van der Waals surface area contributed by atoms with Gasteiger partial charge in [-0.05, 0) is 45.5 Å². The Morgan fingerprint density at radius 3 is 2.52 bits per heavy atom. The van der Waals surface area contributed by atoms with Crippen molar-refractivity contribution in [1.82, 2.24) is 19.4 Å². The molecule has 0 N–H and O–H groups in total. The Balaban J connectivity index is 1.70. The van der Waals surface area contributed by atoms with Crippen LogP contribution in [0.1, 0.15) is 34.1 Å². The molecular weight excluding hydrogens is 304 g/mol. The summed E-state index contributed by atoms with van der Waals surface area (Å²) in [5.74, 6) is 0. The Hall–Kier alpha value is -1.98. The molecule has 0 aliphatic heterocycles. The van der Waals surface area contributed by atoms with Crippen LogP contribution in [0, 0.1) is 13.8 Å². The predicted molar refractivity (Wildman–Crippen MR) is 95.0 cm³/mol. The van der Waals surface area contributed by atoms with Gasteiger partial charge in [-0.15, -0.1) is 11.3 Å². The van der Waals surface area contributed by atoms with Crippen LogP contribution in [0.5, 0.6) is 0 Å². The molecule has 0 aliphatic carbocycles. The molecule has 0 amide bonds. The van der Waals surface area contributed by atoms with Gasteiger partial charge in [0, 0.05) is 29.5 Å². The first-order valence-corrected chi connectivity index (χ1v) is 8.57. The van der Waals surface area contributed by atoms with Gasteiger partial charge in [0.2, 0.25) is 0 Å². The number of hydrogen-bond donors (Lipinski definition) is 0. The molecule has 0 aliphatic rings. The molecule has 5 heteroatoms. The maximum Gasteiger partial charge on any atom is 0.0991 e. The van der Waals surface area contributed by atoms with E-state index in [9.17, 15) is 0 Å². The molecule has 2 aromatic heterocycles. The third-order valence-electron chi connectivity index (χ3n) is 4.17. The molecular formula is C18H22N4S. The summed E-state index contributed by atoms with van der Waals surface area (Å²) in [6, 6.07) is 8.94. The fourth-order valence-electron chi connectivity index (χ4n) is 2.75. The lowest BCUT2D eigenvalue weighted by atomic mass is 10.1. The number of benzene rings is 1. The smallest absolute Gasteiger partial charge is 0.0991 e. The fourth-order valence-corrected chi connectivity index (χ4v) is 3.66. The van der Waals surface area contributed by atoms with E-state index in [1.54, 1.807) is 17.5 Å². The van der Waals surface area contributed by atoms with Crippen molar-refractivity contribution in [3.8, 4) is 5.69 Å². The van der Waals surface area contributed by atoms with Crippen molar-refractivity contribution in [3.63, 3.8) is 0 Å². The summed E-state index contributed by atoms with van der Waals surface area (Å²) in [4.78, 5) is 12.4. The molecule has 1 atom stereocenters. The summed E-state index contributed by atoms with van der Waals surface area (Å²) < 4.78 is 2.01. The summed E-state index contributed by atoms with van der Waals surface area (Å²) in [7, 11) is 2.16. The van der Waals surface area contributed by atoms with Gasteiger partial charge in [-0.25, -0.2) is 9.97 Å². The van der Waals surface area contributed by atoms with E-state index < -0.39 is 0 Å². The lowest BCUT2D eigenvalue weighted by Crippen LogP contribution is -2.22. The summed E-state index contributed by atoms with van der Waals surface area (Å²) in [5, 5.41) is 1.14. The molecule has 120 valence electrons. The van der Waals surface area contributed by atoms with Gasteiger partial charge >= 0.3 is 0 Å². The SMILES string of the molecule is Cc1nc([C@H](C)N(C)Cc2ccc(-n3ccnc3)cc2)c(C)s1. The van der Waals surface area contributed by atoms with Crippen LogP contribution in [-0.2, 0) is 6.54 Å². The van der Waals surface area contributed by atoms with E-state index in [2.05, 4.69) is 67.0 Å². The zero-order valence-electron chi connectivity index (χ0n) is 14.0. The Kier molecular flexibility index (Phi) is 4.59. The van der Waals surface area contributed by atoms with Crippen molar-refractivity contribution in [2.75, 3.05) is 7.05 Å². The van der Waals surface area contributed by atoms with Gasteiger partial charge in [0.25, 0.3) is 0 Å². The Morgan fingerprint density at radius 1 is 1.22 bits per heavy atom. The molecule has 3 rings (SSSR count). The second kappa shape index (κ2) is 6.64. The van der Waals surface area contributed by atoms with Crippen LogP contribution in [0.2, 0.25) is 0 Å². The first kappa shape index (κ1) is 15.9. The Labute approximate surface area is 141 Å². The molecule has 0 radical (unpaired) electrons. The van der Waals surface area contributed by atoms with Gasteiger partial charge in [0.1, 0.15) is 0 Å². The number of imidazole rings is 1. The van der Waals surface area contributed by atoms with E-state index in [1.165, 1.54) is 16.1 Å². The maximum absolute atomic E-state index is 4.69. The molecule has 3 aromatic rings. The Bertz CT molecular complexity index is 759. The van der Waals surface area contributed by atoms with Gasteiger partial charge < -0.3 is 4.57 Å². The number of rotatable bonds is 5. The molecule has 0 bridgehead atoms. The van der Waals surface area contributed by atoms with Gasteiger partial charge in [-0.1, -0.05) is 12.1 Å². The monoisotopic (exact) mass is 326 g/mol. The lowest BCUT2D eigenvalue weighted by Gasteiger charge is -2.24. The molecule has 0 unspecified atom stereocenters. The molecule has 0 spiro atoms. The third-order valence-corrected chi connectivity index (χ3v) is 5.07. The van der Waals surface area contributed by atoms with Crippen LogP contribution in [0.15, 0.2) is 43.0 Å². The van der Waals surface area contributed by atoms with Gasteiger partial charge in [-0.3, -0.25) is 4.90 Å². The number of aromatic nitrogens is 3. The summed E-state index contributed by atoms with van der Waals surface area (Å²) in [6.45, 7) is 7.36. The average Bonchev–Trinajstić information content (AvgIpc) is 3.17. The minimum atomic E-state index is 0.313. The van der Waals surface area contributed by atoms with E-state index in [4.69, 9.17) is 0 Å². The standard InChI is InChI=1S/C18H22N4S/c1-13(18-14(2)23-15(3)20-18)21(4)11-16-5-7-17(8-6-16)22-10-9-19-12-22/h5-10,12-13H,11H2,1-4H3/t13-/m0/s1. The molecule has 23 heavy (non-hydrogen) atoms. The highest BCUT2D eigenvalue weighted by Gasteiger charge is 2.17. The van der Waals surface area contributed by atoms with Crippen molar-refractivity contribution in [1.29, 1.82) is 0 Å². The highest BCUT2D eigenvalue weighted by Crippen LogP contribution is 2.27. The normalized spacial score (nSPS) is 12.7. The summed E-state index contributed by atoms with van der Waals surface area (Å²) in [6.07, 6.45) is 5.56. The van der Waals surface area contributed by atoms with Crippen molar-refractivity contribution in [2.45, 2.75) is 33.4 Å². The molecule has 2 heterocycles. The van der Waals surface area contributed by atoms with Crippen LogP contribution >= 0.6 is 11.3 Å². The quantitative estimate of drug-likeness (QED) is 0.706. The highest BCUT2D eigenvalue weighted by atomic mass is 32.1. The zero-order valence-corrected chi connectivity index (χ0v) is 14.8. The summed E-state index contributed by atoms with van der Waals surface area (Å²) >= 11 is 1.78. The number of nitrogens with zero attached hydrogens (tertiary/aromatic N) is 4. The second-order valence-electron chi connectivity index (χ2n) is 5.90. The van der Waals surface area contributed by atoms with E-state index in [-0.39, 0.29) is 0 Å². The molecule has 4 nitrogen and oxygen atoms in total. The molecule has 0 saturated carbocycles. The number of aryl methyl sites for hydroxylation is 2. The first-order chi connectivity index (χ1) is 11.0. The maximum atomic E-state index is 4.69. The highest BCUT2D eigenvalue weighted by molar-refractivity contribution is 7.11. The van der Waals surface area contributed by atoms with E-state index in [0.29, 0.717) is 6.04 Å². The van der Waals surface area contributed by atoms with Crippen molar-refractivity contribution < 1.29 is 0 Å². The van der Waals surface area contributed by atoms with Gasteiger partial charge in [0.15, 0.2) is 0 Å². The van der Waals surface area contributed by atoms with Crippen LogP contribution in [0.4, 0.5) is 0 Å². The number of thiazole rings is 1. The van der Waals surface area contributed by atoms with Crippen LogP contribution in [-0.4, -0.2) is 26.5 Å². The molecule has 0 saturated heterocycles. The number of hydrogen-bond acceptors (Lipinski definition) is 4. The van der Waals surface area contributed by atoms with Crippen LogP contribution in [0.3, 0.4) is 0 Å². The van der Waals surface area contributed by atoms with E-state index >= 15 is 0 Å². The predicted octanol–water partition coefficient (Wildman–Crippen LogP) is 4.14. The van der Waals surface area contributed by atoms with E-state index in [0.717, 1.165) is 17.2 Å². The van der Waals surface area contributed by atoms with Gasteiger partial charge in [0.05, 0.1) is 23.1 Å². The van der Waals surface area contributed by atoms with Crippen LogP contribution in [0.25, 0.3) is 5.69 Å². The first-order valence-electron chi connectivity index (χ1n) is 7.76. The van der Waals surface area contributed by atoms with E-state index in [1.807, 2.05) is 17.1 Å². The van der Waals surface area contributed by atoms with Crippen molar-refractivity contribution in [3.05, 3.63) is 64.1 Å². The second-order valence-corrected chi connectivity index (χ2v) is 7.31. The van der Waals surface area contributed by atoms with Gasteiger partial charge in [-0.2, -0.15) is 0 Å².